The molecule has 0 saturated heterocycles. The van der Waals surface area contributed by atoms with Crippen molar-refractivity contribution >= 4 is 29.1 Å². The van der Waals surface area contributed by atoms with Crippen LogP contribution in [0.5, 0.6) is 0 Å². The van der Waals surface area contributed by atoms with E-state index in [9.17, 15) is 22.8 Å². The van der Waals surface area contributed by atoms with Crippen LogP contribution in [-0.4, -0.2) is 36.0 Å². The van der Waals surface area contributed by atoms with Crippen molar-refractivity contribution in [3.63, 3.8) is 0 Å². The molecular formula is C26H28ClF3N2O2. The highest BCUT2D eigenvalue weighted by Gasteiger charge is 2.43. The summed E-state index contributed by atoms with van der Waals surface area (Å²) in [6, 6.07) is 13.1. The molecule has 1 aliphatic heterocycles. The van der Waals surface area contributed by atoms with Crippen LogP contribution in [0, 0.1) is 5.92 Å². The molecule has 0 aromatic heterocycles. The number of hydrogen-bond acceptors (Lipinski definition) is 2. The number of anilines is 1. The zero-order chi connectivity index (χ0) is 24.3. The Morgan fingerprint density at radius 2 is 1.65 bits per heavy atom. The summed E-state index contributed by atoms with van der Waals surface area (Å²) < 4.78 is 39.2. The summed E-state index contributed by atoms with van der Waals surface area (Å²) in [6.45, 7) is 0.231. The van der Waals surface area contributed by atoms with Crippen molar-refractivity contribution in [2.75, 3.05) is 18.0 Å². The van der Waals surface area contributed by atoms with Crippen molar-refractivity contribution in [3.8, 4) is 0 Å². The summed E-state index contributed by atoms with van der Waals surface area (Å²) >= 11 is 6.68. The molecule has 2 amide bonds. The smallest absolute Gasteiger partial charge is 0.334 e. The van der Waals surface area contributed by atoms with Gasteiger partial charge in [0.05, 0.1) is 17.3 Å². The lowest BCUT2D eigenvalue weighted by molar-refractivity contribution is -0.185. The molecule has 1 aliphatic carbocycles. The molecule has 0 spiro atoms. The van der Waals surface area contributed by atoms with Crippen LogP contribution in [0.15, 0.2) is 42.5 Å². The van der Waals surface area contributed by atoms with Gasteiger partial charge >= 0.3 is 12.1 Å². The molecule has 0 N–H and O–H groups in total. The molecule has 0 bridgehead atoms. The van der Waals surface area contributed by atoms with Gasteiger partial charge in [-0.1, -0.05) is 67.3 Å². The molecule has 1 fully saturated rings. The highest BCUT2D eigenvalue weighted by molar-refractivity contribution is 6.34. The van der Waals surface area contributed by atoms with Crippen LogP contribution >= 0.6 is 11.6 Å². The van der Waals surface area contributed by atoms with Gasteiger partial charge in [-0.15, -0.1) is 0 Å². The monoisotopic (exact) mass is 492 g/mol. The number of benzene rings is 2. The van der Waals surface area contributed by atoms with Crippen molar-refractivity contribution in [2.24, 2.45) is 5.92 Å². The fourth-order valence-corrected chi connectivity index (χ4v) is 5.33. The SMILES string of the molecule is O=C(C1CCCCC1)N(Cc1ccccc1)c1c(Cl)ccc2c1CCN(C(=O)C(F)(F)F)CC2. The van der Waals surface area contributed by atoms with Gasteiger partial charge in [-0.3, -0.25) is 9.59 Å². The van der Waals surface area contributed by atoms with Gasteiger partial charge < -0.3 is 9.80 Å². The van der Waals surface area contributed by atoms with Gasteiger partial charge in [-0.2, -0.15) is 13.2 Å². The quantitative estimate of drug-likeness (QED) is 0.529. The lowest BCUT2D eigenvalue weighted by Gasteiger charge is -2.32. The number of rotatable bonds is 4. The Labute approximate surface area is 202 Å². The second-order valence-electron chi connectivity index (χ2n) is 9.07. The Hall–Kier alpha value is -2.54. The number of halogens is 4. The standard InChI is InChI=1S/C26H28ClF3N2O2/c27-22-12-11-19-13-15-31(25(34)26(28,29)30)16-14-21(19)23(22)32(17-18-7-3-1-4-8-18)24(33)20-9-5-2-6-10-20/h1,3-4,7-8,11-12,20H,2,5-6,9-10,13-17H2. The van der Waals surface area contributed by atoms with Gasteiger partial charge in [0.25, 0.3) is 0 Å². The Morgan fingerprint density at radius 1 is 0.971 bits per heavy atom. The molecule has 0 atom stereocenters. The maximum atomic E-state index is 13.8. The van der Waals surface area contributed by atoms with Crippen molar-refractivity contribution in [1.82, 2.24) is 4.90 Å². The molecule has 182 valence electrons. The number of alkyl halides is 3. The molecule has 4 rings (SSSR count). The van der Waals surface area contributed by atoms with Crippen LogP contribution in [0.3, 0.4) is 0 Å². The first-order chi connectivity index (χ1) is 16.3. The zero-order valence-corrected chi connectivity index (χ0v) is 19.7. The van der Waals surface area contributed by atoms with E-state index in [1.165, 1.54) is 0 Å². The highest BCUT2D eigenvalue weighted by atomic mass is 35.5. The molecule has 1 saturated carbocycles. The van der Waals surface area contributed by atoms with Crippen molar-refractivity contribution in [3.05, 3.63) is 64.2 Å². The second kappa shape index (κ2) is 10.4. The predicted molar refractivity (Wildman–Crippen MR) is 126 cm³/mol. The largest absolute Gasteiger partial charge is 0.471 e. The maximum Gasteiger partial charge on any atom is 0.471 e. The zero-order valence-electron chi connectivity index (χ0n) is 18.9. The molecule has 2 aromatic rings. The Balaban J connectivity index is 1.71. The fourth-order valence-electron chi connectivity index (χ4n) is 5.05. The van der Waals surface area contributed by atoms with Gasteiger partial charge in [0.15, 0.2) is 0 Å². The predicted octanol–water partition coefficient (Wildman–Crippen LogP) is 5.94. The van der Waals surface area contributed by atoms with Crippen molar-refractivity contribution in [2.45, 2.75) is 57.7 Å². The van der Waals surface area contributed by atoms with Crippen molar-refractivity contribution in [1.29, 1.82) is 0 Å². The first-order valence-corrected chi connectivity index (χ1v) is 12.1. The Bertz CT molecular complexity index is 1040. The summed E-state index contributed by atoms with van der Waals surface area (Å²) in [5, 5.41) is 0.398. The van der Waals surface area contributed by atoms with E-state index in [-0.39, 0.29) is 37.8 Å². The maximum absolute atomic E-state index is 13.8. The molecule has 2 aliphatic rings. The summed E-state index contributed by atoms with van der Waals surface area (Å²) in [6.07, 6.45) is 0.347. The van der Waals surface area contributed by atoms with Gasteiger partial charge in [0, 0.05) is 19.0 Å². The average molecular weight is 493 g/mol. The lowest BCUT2D eigenvalue weighted by Crippen LogP contribution is -2.42. The third-order valence-corrected chi connectivity index (χ3v) is 7.12. The second-order valence-corrected chi connectivity index (χ2v) is 9.48. The van der Waals surface area contributed by atoms with Crippen LogP contribution in [0.25, 0.3) is 0 Å². The number of fused-ring (bicyclic) bond motifs is 1. The van der Waals surface area contributed by atoms with Crippen LogP contribution in [0.2, 0.25) is 5.02 Å². The molecule has 4 nitrogen and oxygen atoms in total. The molecule has 2 aromatic carbocycles. The van der Waals surface area contributed by atoms with E-state index in [1.54, 1.807) is 17.0 Å². The minimum Gasteiger partial charge on any atom is -0.334 e. The molecule has 34 heavy (non-hydrogen) atoms. The van der Waals surface area contributed by atoms with E-state index in [1.807, 2.05) is 30.3 Å². The molecule has 0 radical (unpaired) electrons. The molecule has 8 heteroatoms. The van der Waals surface area contributed by atoms with Crippen LogP contribution < -0.4 is 4.90 Å². The van der Waals surface area contributed by atoms with Gasteiger partial charge in [-0.05, 0) is 48.4 Å². The molecule has 0 unspecified atom stereocenters. The fraction of sp³-hybridized carbons (Fsp3) is 0.462. The lowest BCUT2D eigenvalue weighted by atomic mass is 9.87. The number of nitrogens with zero attached hydrogens (tertiary/aromatic N) is 2. The number of hydrogen-bond donors (Lipinski definition) is 0. The van der Waals surface area contributed by atoms with Gasteiger partial charge in [-0.25, -0.2) is 0 Å². The Morgan fingerprint density at radius 3 is 2.32 bits per heavy atom. The Kier molecular flexibility index (Phi) is 7.51. The summed E-state index contributed by atoms with van der Waals surface area (Å²) in [5.74, 6) is -1.92. The summed E-state index contributed by atoms with van der Waals surface area (Å²) in [7, 11) is 0. The summed E-state index contributed by atoms with van der Waals surface area (Å²) in [4.78, 5) is 28.2. The summed E-state index contributed by atoms with van der Waals surface area (Å²) in [5.41, 5.74) is 3.10. The van der Waals surface area contributed by atoms with E-state index >= 15 is 0 Å². The van der Waals surface area contributed by atoms with Crippen LogP contribution in [0.1, 0.15) is 48.8 Å². The van der Waals surface area contributed by atoms with E-state index in [0.29, 0.717) is 17.3 Å². The molecular weight excluding hydrogens is 465 g/mol. The normalized spacial score (nSPS) is 17.1. The van der Waals surface area contributed by atoms with Crippen molar-refractivity contribution < 1.29 is 22.8 Å². The first-order valence-electron chi connectivity index (χ1n) is 11.8. The highest BCUT2D eigenvalue weighted by Crippen LogP contribution is 2.38. The van der Waals surface area contributed by atoms with Gasteiger partial charge in [0.1, 0.15) is 0 Å². The average Bonchev–Trinajstić information content (AvgIpc) is 3.05. The van der Waals surface area contributed by atoms with E-state index in [4.69, 9.17) is 11.6 Å². The van der Waals surface area contributed by atoms with E-state index < -0.39 is 12.1 Å². The minimum absolute atomic E-state index is 0.00586. The third-order valence-electron chi connectivity index (χ3n) is 6.82. The van der Waals surface area contributed by atoms with E-state index in [0.717, 1.165) is 53.7 Å². The number of carbonyl (C=O) groups excluding carboxylic acids is 2. The van der Waals surface area contributed by atoms with Crippen LogP contribution in [-0.2, 0) is 29.0 Å². The van der Waals surface area contributed by atoms with E-state index in [2.05, 4.69) is 0 Å². The number of carbonyl (C=O) groups is 2. The third kappa shape index (κ3) is 5.40. The topological polar surface area (TPSA) is 40.6 Å². The number of amides is 2. The van der Waals surface area contributed by atoms with Gasteiger partial charge in [0.2, 0.25) is 5.91 Å². The molecule has 1 heterocycles. The minimum atomic E-state index is -4.91. The first kappa shape index (κ1) is 24.6. The van der Waals surface area contributed by atoms with Crippen LogP contribution in [0.4, 0.5) is 18.9 Å².